The molecule has 1 aromatic rings. The molecule has 0 spiro atoms. The minimum absolute atomic E-state index is 0.141. The van der Waals surface area contributed by atoms with Gasteiger partial charge >= 0.3 is 0 Å². The van der Waals surface area contributed by atoms with Crippen molar-refractivity contribution in [1.82, 2.24) is 4.90 Å². The van der Waals surface area contributed by atoms with Crippen molar-refractivity contribution in [2.75, 3.05) is 13.6 Å². The van der Waals surface area contributed by atoms with Gasteiger partial charge in [0.1, 0.15) is 0 Å². The Labute approximate surface area is 102 Å². The molecule has 0 atom stereocenters. The summed E-state index contributed by atoms with van der Waals surface area (Å²) in [5.74, 6) is 0.632. The van der Waals surface area contributed by atoms with E-state index in [-0.39, 0.29) is 12.0 Å². The van der Waals surface area contributed by atoms with Gasteiger partial charge in [-0.3, -0.25) is 4.79 Å². The van der Waals surface area contributed by atoms with Crippen LogP contribution in [0.2, 0.25) is 0 Å². The summed E-state index contributed by atoms with van der Waals surface area (Å²) in [6.07, 6.45) is 2.00. The summed E-state index contributed by atoms with van der Waals surface area (Å²) in [5, 5.41) is 9.20. The molecule has 0 radical (unpaired) electrons. The third-order valence-corrected chi connectivity index (χ3v) is 3.37. The maximum Gasteiger partial charge on any atom is 0.226 e. The third-order valence-electron chi connectivity index (χ3n) is 3.37. The van der Waals surface area contributed by atoms with Crippen LogP contribution in [-0.4, -0.2) is 35.6 Å². The Morgan fingerprint density at radius 3 is 2.59 bits per heavy atom. The van der Waals surface area contributed by atoms with Gasteiger partial charge in [0.2, 0.25) is 5.91 Å². The predicted molar refractivity (Wildman–Crippen MR) is 66.5 cm³/mol. The summed E-state index contributed by atoms with van der Waals surface area (Å²) in [6, 6.07) is 9.79. The van der Waals surface area contributed by atoms with Crippen molar-refractivity contribution in [3.63, 3.8) is 0 Å². The highest BCUT2D eigenvalue weighted by Crippen LogP contribution is 2.27. The monoisotopic (exact) mass is 233 g/mol. The normalized spacial score (nSPS) is 22.9. The lowest BCUT2D eigenvalue weighted by atomic mass is 9.82. The lowest BCUT2D eigenvalue weighted by Gasteiger charge is -2.34. The van der Waals surface area contributed by atoms with Crippen LogP contribution in [0.25, 0.3) is 0 Å². The summed E-state index contributed by atoms with van der Waals surface area (Å²) in [7, 11) is 1.84. The first-order valence-electron chi connectivity index (χ1n) is 6.11. The highest BCUT2D eigenvalue weighted by molar-refractivity contribution is 5.78. The van der Waals surface area contributed by atoms with Crippen molar-refractivity contribution in [2.24, 2.45) is 5.92 Å². The number of carbonyl (C=O) groups is 1. The zero-order valence-electron chi connectivity index (χ0n) is 10.2. The van der Waals surface area contributed by atoms with Crippen molar-refractivity contribution in [1.29, 1.82) is 0 Å². The van der Waals surface area contributed by atoms with E-state index in [0.717, 1.165) is 24.9 Å². The second-order valence-corrected chi connectivity index (χ2v) is 4.93. The Morgan fingerprint density at radius 1 is 1.35 bits per heavy atom. The molecular weight excluding hydrogens is 214 g/mol. The Hall–Kier alpha value is -1.35. The molecule has 1 N–H and O–H groups in total. The molecule has 1 aliphatic rings. The number of benzene rings is 1. The van der Waals surface area contributed by atoms with Gasteiger partial charge in [0, 0.05) is 13.6 Å². The molecule has 0 saturated heterocycles. The van der Waals surface area contributed by atoms with E-state index in [1.807, 2.05) is 37.4 Å². The largest absolute Gasteiger partial charge is 0.393 e. The Kier molecular flexibility index (Phi) is 3.79. The van der Waals surface area contributed by atoms with Crippen LogP contribution in [0.3, 0.4) is 0 Å². The van der Waals surface area contributed by atoms with Gasteiger partial charge in [-0.2, -0.15) is 0 Å². The Morgan fingerprint density at radius 2 is 2.00 bits per heavy atom. The first-order valence-corrected chi connectivity index (χ1v) is 6.11. The maximum absolute atomic E-state index is 11.9. The minimum atomic E-state index is -0.141. The van der Waals surface area contributed by atoms with E-state index in [1.54, 1.807) is 4.90 Å². The molecule has 1 saturated carbocycles. The molecule has 0 unspecified atom stereocenters. The van der Waals surface area contributed by atoms with Crippen LogP contribution in [0, 0.1) is 5.92 Å². The quantitative estimate of drug-likeness (QED) is 0.855. The second kappa shape index (κ2) is 5.32. The van der Waals surface area contributed by atoms with Gasteiger partial charge < -0.3 is 10.0 Å². The number of aliphatic hydroxyl groups is 1. The third kappa shape index (κ3) is 3.30. The molecule has 3 nitrogen and oxygen atoms in total. The number of hydrogen-bond donors (Lipinski definition) is 1. The van der Waals surface area contributed by atoms with Crippen LogP contribution in [0.5, 0.6) is 0 Å². The lowest BCUT2D eigenvalue weighted by molar-refractivity contribution is -0.130. The Bertz CT molecular complexity index is 371. The molecular formula is C14H19NO2. The fourth-order valence-corrected chi connectivity index (χ4v) is 2.24. The molecule has 0 bridgehead atoms. The molecule has 1 aliphatic carbocycles. The van der Waals surface area contributed by atoms with E-state index < -0.39 is 0 Å². The first kappa shape index (κ1) is 12.1. The van der Waals surface area contributed by atoms with Gasteiger partial charge in [0.15, 0.2) is 0 Å². The fraction of sp³-hybridized carbons (Fsp3) is 0.500. The smallest absolute Gasteiger partial charge is 0.226 e. The van der Waals surface area contributed by atoms with E-state index in [2.05, 4.69) is 0 Å². The highest BCUT2D eigenvalue weighted by Gasteiger charge is 2.28. The average molecular weight is 233 g/mol. The summed E-state index contributed by atoms with van der Waals surface area (Å²) < 4.78 is 0. The molecule has 3 heteroatoms. The average Bonchev–Trinajstić information content (AvgIpc) is 2.28. The highest BCUT2D eigenvalue weighted by atomic mass is 16.3. The van der Waals surface area contributed by atoms with Crippen molar-refractivity contribution in [3.05, 3.63) is 35.9 Å². The summed E-state index contributed by atoms with van der Waals surface area (Å²) >= 11 is 0. The Balaban J connectivity index is 1.79. The number of rotatable bonds is 4. The fourth-order valence-electron chi connectivity index (χ4n) is 2.24. The van der Waals surface area contributed by atoms with Gasteiger partial charge in [0.25, 0.3) is 0 Å². The van der Waals surface area contributed by atoms with Crippen molar-refractivity contribution in [2.45, 2.75) is 25.4 Å². The van der Waals surface area contributed by atoms with Crippen LogP contribution in [0.1, 0.15) is 18.4 Å². The van der Waals surface area contributed by atoms with Crippen LogP contribution in [0.15, 0.2) is 30.3 Å². The number of carbonyl (C=O) groups excluding carboxylic acids is 1. The first-order chi connectivity index (χ1) is 8.15. The van der Waals surface area contributed by atoms with E-state index in [0.29, 0.717) is 12.3 Å². The van der Waals surface area contributed by atoms with Crippen LogP contribution >= 0.6 is 0 Å². The minimum Gasteiger partial charge on any atom is -0.393 e. The van der Waals surface area contributed by atoms with Crippen molar-refractivity contribution < 1.29 is 9.90 Å². The number of nitrogens with zero attached hydrogens (tertiary/aromatic N) is 1. The van der Waals surface area contributed by atoms with E-state index in [1.165, 1.54) is 0 Å². The van der Waals surface area contributed by atoms with Gasteiger partial charge in [-0.05, 0) is 24.3 Å². The summed E-state index contributed by atoms with van der Waals surface area (Å²) in [4.78, 5) is 13.7. The molecule has 1 aromatic carbocycles. The molecule has 0 aliphatic heterocycles. The van der Waals surface area contributed by atoms with Gasteiger partial charge in [-0.15, -0.1) is 0 Å². The zero-order valence-corrected chi connectivity index (χ0v) is 10.2. The maximum atomic E-state index is 11.9. The van der Waals surface area contributed by atoms with Crippen LogP contribution < -0.4 is 0 Å². The topological polar surface area (TPSA) is 40.5 Å². The summed E-state index contributed by atoms with van der Waals surface area (Å²) in [6.45, 7) is 0.767. The van der Waals surface area contributed by atoms with Crippen molar-refractivity contribution >= 4 is 5.91 Å². The number of hydrogen-bond acceptors (Lipinski definition) is 2. The molecule has 1 amide bonds. The SMILES string of the molecule is CN(CC1CC(O)C1)C(=O)Cc1ccccc1. The second-order valence-electron chi connectivity index (χ2n) is 4.93. The summed E-state index contributed by atoms with van der Waals surface area (Å²) in [5.41, 5.74) is 1.05. The van der Waals surface area contributed by atoms with Gasteiger partial charge in [0.05, 0.1) is 12.5 Å². The molecule has 1 fully saturated rings. The van der Waals surface area contributed by atoms with Gasteiger partial charge in [-0.25, -0.2) is 0 Å². The lowest BCUT2D eigenvalue weighted by Crippen LogP contribution is -2.40. The van der Waals surface area contributed by atoms with Crippen LogP contribution in [0.4, 0.5) is 0 Å². The van der Waals surface area contributed by atoms with Gasteiger partial charge in [-0.1, -0.05) is 30.3 Å². The van der Waals surface area contributed by atoms with E-state index in [4.69, 9.17) is 0 Å². The van der Waals surface area contributed by atoms with Crippen molar-refractivity contribution in [3.8, 4) is 0 Å². The molecule has 2 rings (SSSR count). The molecule has 17 heavy (non-hydrogen) atoms. The molecule has 92 valence electrons. The molecule has 0 aromatic heterocycles. The van der Waals surface area contributed by atoms with Crippen LogP contribution in [-0.2, 0) is 11.2 Å². The zero-order chi connectivity index (χ0) is 12.3. The standard InChI is InChI=1S/C14H19NO2/c1-15(10-12-7-13(16)8-12)14(17)9-11-5-3-2-4-6-11/h2-6,12-13,16H,7-10H2,1H3. The van der Waals surface area contributed by atoms with E-state index >= 15 is 0 Å². The number of likely N-dealkylation sites (N-methyl/N-ethyl adjacent to an activating group) is 1. The predicted octanol–water partition coefficient (Wildman–Crippen LogP) is 1.46. The molecule has 0 heterocycles. The number of amides is 1. The number of aliphatic hydroxyl groups excluding tert-OH is 1. The van der Waals surface area contributed by atoms with E-state index in [9.17, 15) is 9.90 Å².